The standard InChI is InChI=1S/C26H24Cl2N4O4S2/c1-36-22-10-9-21(28)24-23(22)30-26(37-24)32(16-19-4-2-3-13-29-19)25(33)17-11-14-31(15-12-17)38(34,35)20-7-5-18(27)6-8-20/h2-10,13,17H,11-12,14-16H2,1H3. The molecule has 1 aliphatic heterocycles. The van der Waals surface area contributed by atoms with Gasteiger partial charge in [-0.25, -0.2) is 13.4 Å². The number of ether oxygens (including phenoxy) is 1. The number of pyridine rings is 1. The fourth-order valence-corrected chi connectivity index (χ4v) is 7.29. The largest absolute Gasteiger partial charge is 0.494 e. The van der Waals surface area contributed by atoms with E-state index in [9.17, 15) is 13.2 Å². The fraction of sp³-hybridized carbons (Fsp3) is 0.269. The Morgan fingerprint density at radius 2 is 1.84 bits per heavy atom. The first kappa shape index (κ1) is 26.8. The lowest BCUT2D eigenvalue weighted by Crippen LogP contribution is -2.44. The maximum atomic E-state index is 13.9. The van der Waals surface area contributed by atoms with Gasteiger partial charge in [-0.3, -0.25) is 14.7 Å². The summed E-state index contributed by atoms with van der Waals surface area (Å²) >= 11 is 13.7. The molecule has 0 atom stereocenters. The van der Waals surface area contributed by atoms with Gasteiger partial charge in [-0.2, -0.15) is 4.31 Å². The number of hydrogen-bond donors (Lipinski definition) is 0. The van der Waals surface area contributed by atoms with Crippen molar-refractivity contribution in [3.8, 4) is 5.75 Å². The van der Waals surface area contributed by atoms with E-state index in [0.717, 1.165) is 4.70 Å². The molecule has 1 saturated heterocycles. The van der Waals surface area contributed by atoms with Gasteiger partial charge < -0.3 is 4.74 Å². The number of halogens is 2. The highest BCUT2D eigenvalue weighted by molar-refractivity contribution is 7.89. The van der Waals surface area contributed by atoms with Crippen LogP contribution in [0.25, 0.3) is 10.2 Å². The number of sulfonamides is 1. The molecule has 0 radical (unpaired) electrons. The third-order valence-corrected chi connectivity index (χ3v) is 10.2. The van der Waals surface area contributed by atoms with E-state index in [4.69, 9.17) is 32.9 Å². The number of amides is 1. The van der Waals surface area contributed by atoms with Crippen LogP contribution < -0.4 is 9.64 Å². The summed E-state index contributed by atoms with van der Waals surface area (Å²) < 4.78 is 33.8. The number of anilines is 1. The number of thiazole rings is 1. The minimum atomic E-state index is -3.68. The Morgan fingerprint density at radius 3 is 2.50 bits per heavy atom. The van der Waals surface area contributed by atoms with E-state index in [2.05, 4.69) is 4.98 Å². The second-order valence-electron chi connectivity index (χ2n) is 8.80. The molecular formula is C26H24Cl2N4O4S2. The summed E-state index contributed by atoms with van der Waals surface area (Å²) in [4.78, 5) is 24.8. The molecule has 0 unspecified atom stereocenters. The lowest BCUT2D eigenvalue weighted by Gasteiger charge is -2.33. The molecule has 8 nitrogen and oxygen atoms in total. The summed E-state index contributed by atoms with van der Waals surface area (Å²) in [5.41, 5.74) is 1.30. The summed E-state index contributed by atoms with van der Waals surface area (Å²) in [6.45, 7) is 0.694. The molecular weight excluding hydrogens is 567 g/mol. The number of aromatic nitrogens is 2. The zero-order chi connectivity index (χ0) is 26.9. The van der Waals surface area contributed by atoms with Gasteiger partial charge >= 0.3 is 0 Å². The molecule has 12 heteroatoms. The quantitative estimate of drug-likeness (QED) is 0.276. The number of nitrogens with zero attached hydrogens (tertiary/aromatic N) is 4. The van der Waals surface area contributed by atoms with E-state index >= 15 is 0 Å². The number of carbonyl (C=O) groups is 1. The number of hydrogen-bond acceptors (Lipinski definition) is 7. The van der Waals surface area contributed by atoms with Gasteiger partial charge in [0, 0.05) is 30.2 Å². The Morgan fingerprint density at radius 1 is 1.11 bits per heavy atom. The Balaban J connectivity index is 1.40. The van der Waals surface area contributed by atoms with Gasteiger partial charge in [0.25, 0.3) is 0 Å². The first-order chi connectivity index (χ1) is 18.3. The lowest BCUT2D eigenvalue weighted by molar-refractivity contribution is -0.123. The maximum absolute atomic E-state index is 13.9. The first-order valence-electron chi connectivity index (χ1n) is 11.9. The summed E-state index contributed by atoms with van der Waals surface area (Å²) in [6.07, 6.45) is 2.45. The van der Waals surface area contributed by atoms with Crippen molar-refractivity contribution in [3.05, 3.63) is 76.5 Å². The van der Waals surface area contributed by atoms with Crippen LogP contribution in [0, 0.1) is 5.92 Å². The molecule has 5 rings (SSSR count). The van der Waals surface area contributed by atoms with Gasteiger partial charge in [-0.1, -0.05) is 40.6 Å². The molecule has 2 aromatic carbocycles. The van der Waals surface area contributed by atoms with Crippen molar-refractivity contribution in [1.82, 2.24) is 14.3 Å². The maximum Gasteiger partial charge on any atom is 0.243 e. The topological polar surface area (TPSA) is 92.7 Å². The third-order valence-electron chi connectivity index (χ3n) is 6.46. The molecule has 38 heavy (non-hydrogen) atoms. The summed E-state index contributed by atoms with van der Waals surface area (Å²) in [7, 11) is -2.12. The molecule has 1 amide bonds. The van der Waals surface area contributed by atoms with E-state index in [1.54, 1.807) is 42.5 Å². The molecule has 0 N–H and O–H groups in total. The fourth-order valence-electron chi connectivity index (χ4n) is 4.43. The average molecular weight is 592 g/mol. The molecule has 1 fully saturated rings. The Hall–Kier alpha value is -2.76. The molecule has 2 aromatic heterocycles. The van der Waals surface area contributed by atoms with E-state index in [1.807, 2.05) is 18.2 Å². The number of fused-ring (bicyclic) bond motifs is 1. The van der Waals surface area contributed by atoms with Crippen LogP contribution in [0.5, 0.6) is 5.75 Å². The van der Waals surface area contributed by atoms with Gasteiger partial charge in [0.2, 0.25) is 15.9 Å². The zero-order valence-corrected chi connectivity index (χ0v) is 23.5. The molecule has 3 heterocycles. The minimum absolute atomic E-state index is 0.131. The molecule has 4 aromatic rings. The van der Waals surface area contributed by atoms with Crippen molar-refractivity contribution in [2.24, 2.45) is 5.92 Å². The van der Waals surface area contributed by atoms with Crippen LogP contribution in [0.3, 0.4) is 0 Å². The van der Waals surface area contributed by atoms with Crippen LogP contribution >= 0.6 is 34.5 Å². The monoisotopic (exact) mass is 590 g/mol. The van der Waals surface area contributed by atoms with Crippen molar-refractivity contribution in [2.45, 2.75) is 24.3 Å². The first-order valence-corrected chi connectivity index (χ1v) is 14.9. The number of piperidine rings is 1. The third kappa shape index (κ3) is 5.37. The average Bonchev–Trinajstić information content (AvgIpc) is 3.39. The predicted molar refractivity (Wildman–Crippen MR) is 150 cm³/mol. The second kappa shape index (κ2) is 11.2. The number of rotatable bonds is 7. The SMILES string of the molecule is COc1ccc(Cl)c2sc(N(Cc3ccccn3)C(=O)C3CCN(S(=O)(=O)c4ccc(Cl)cc4)CC3)nc12. The van der Waals surface area contributed by atoms with E-state index in [-0.39, 0.29) is 36.4 Å². The van der Waals surface area contributed by atoms with E-state index in [1.165, 1.54) is 27.8 Å². The highest BCUT2D eigenvalue weighted by Gasteiger charge is 2.35. The van der Waals surface area contributed by atoms with Crippen molar-refractivity contribution in [3.63, 3.8) is 0 Å². The van der Waals surface area contributed by atoms with Gasteiger partial charge in [-0.05, 0) is 61.4 Å². The predicted octanol–water partition coefficient (Wildman–Crippen LogP) is 5.64. The van der Waals surface area contributed by atoms with Crippen LogP contribution in [0.2, 0.25) is 10.0 Å². The summed E-state index contributed by atoms with van der Waals surface area (Å²) in [5.74, 6) is 0.0611. The second-order valence-corrected chi connectivity index (χ2v) is 12.6. The molecule has 1 aliphatic rings. The van der Waals surface area contributed by atoms with Crippen molar-refractivity contribution >= 4 is 65.8 Å². The van der Waals surface area contributed by atoms with Gasteiger partial charge in [-0.15, -0.1) is 0 Å². The molecule has 0 bridgehead atoms. The normalized spacial score (nSPS) is 15.0. The summed E-state index contributed by atoms with van der Waals surface area (Å²) in [5, 5.41) is 1.48. The number of methoxy groups -OCH3 is 1. The van der Waals surface area contributed by atoms with Crippen LogP contribution in [0.1, 0.15) is 18.5 Å². The number of benzene rings is 2. The van der Waals surface area contributed by atoms with Gasteiger partial charge in [0.05, 0.1) is 34.0 Å². The Kier molecular flexibility index (Phi) is 7.88. The van der Waals surface area contributed by atoms with E-state index in [0.29, 0.717) is 45.0 Å². The van der Waals surface area contributed by atoms with Crippen LogP contribution in [-0.4, -0.2) is 48.8 Å². The van der Waals surface area contributed by atoms with Crippen LogP contribution in [0.15, 0.2) is 65.7 Å². The van der Waals surface area contributed by atoms with Gasteiger partial charge in [0.1, 0.15) is 11.3 Å². The van der Waals surface area contributed by atoms with Crippen molar-refractivity contribution < 1.29 is 17.9 Å². The van der Waals surface area contributed by atoms with Crippen LogP contribution in [-0.2, 0) is 21.4 Å². The smallest absolute Gasteiger partial charge is 0.243 e. The Bertz CT molecular complexity index is 1560. The van der Waals surface area contributed by atoms with Crippen molar-refractivity contribution in [1.29, 1.82) is 0 Å². The van der Waals surface area contributed by atoms with Gasteiger partial charge in [0.15, 0.2) is 5.13 Å². The zero-order valence-electron chi connectivity index (χ0n) is 20.4. The lowest BCUT2D eigenvalue weighted by atomic mass is 9.96. The molecule has 198 valence electrons. The highest BCUT2D eigenvalue weighted by atomic mass is 35.5. The Labute approximate surface area is 234 Å². The molecule has 0 spiro atoms. The van der Waals surface area contributed by atoms with Crippen LogP contribution in [0.4, 0.5) is 5.13 Å². The minimum Gasteiger partial charge on any atom is -0.494 e. The molecule has 0 saturated carbocycles. The highest BCUT2D eigenvalue weighted by Crippen LogP contribution is 2.40. The molecule has 0 aliphatic carbocycles. The summed E-state index contributed by atoms with van der Waals surface area (Å²) in [6, 6.07) is 15.1. The number of carbonyl (C=O) groups excluding carboxylic acids is 1. The van der Waals surface area contributed by atoms with E-state index < -0.39 is 10.0 Å². The van der Waals surface area contributed by atoms with Crippen molar-refractivity contribution in [2.75, 3.05) is 25.1 Å².